The van der Waals surface area contributed by atoms with Crippen molar-refractivity contribution in [3.05, 3.63) is 76.9 Å². The average molecular weight is 354 g/mol. The Balaban J connectivity index is 1.90. The molecule has 0 fully saturated rings. The van der Waals surface area contributed by atoms with Crippen LogP contribution in [0.3, 0.4) is 0 Å². The van der Waals surface area contributed by atoms with Crippen LogP contribution in [0.1, 0.15) is 34.1 Å². The van der Waals surface area contributed by atoms with E-state index in [1.54, 1.807) is 49.4 Å². The topological polar surface area (TPSA) is 56.3 Å². The summed E-state index contributed by atoms with van der Waals surface area (Å²) in [5, 5.41) is 0.840. The van der Waals surface area contributed by atoms with E-state index in [1.807, 2.05) is 12.1 Å². The molecule has 126 valence electrons. The van der Waals surface area contributed by atoms with Gasteiger partial charge in [-0.15, -0.1) is 0 Å². The molecule has 0 bridgehead atoms. The number of esters is 1. The maximum atomic E-state index is 12.7. The quantitative estimate of drug-likeness (QED) is 0.379. The number of ketones is 1. The molecule has 2 aromatic carbocycles. The second-order valence-electron chi connectivity index (χ2n) is 5.54. The van der Waals surface area contributed by atoms with E-state index in [2.05, 4.69) is 4.98 Å². The van der Waals surface area contributed by atoms with Crippen LogP contribution in [0.4, 0.5) is 0 Å². The number of aromatic nitrogens is 1. The Morgan fingerprint density at radius 1 is 1.08 bits per heavy atom. The molecule has 25 heavy (non-hydrogen) atoms. The molecule has 0 aliphatic rings. The third-order valence-electron chi connectivity index (χ3n) is 3.88. The monoisotopic (exact) mass is 353 g/mol. The summed E-state index contributed by atoms with van der Waals surface area (Å²) < 4.78 is 5.49. The molecule has 4 nitrogen and oxygen atoms in total. The Hall–Kier alpha value is -2.72. The van der Waals surface area contributed by atoms with Gasteiger partial charge in [0.15, 0.2) is 6.10 Å². The highest BCUT2D eigenvalue weighted by Crippen LogP contribution is 2.22. The maximum Gasteiger partial charge on any atom is 0.339 e. The molecule has 3 rings (SSSR count). The first-order valence-corrected chi connectivity index (χ1v) is 8.33. The van der Waals surface area contributed by atoms with Gasteiger partial charge in [0.1, 0.15) is 5.15 Å². The molecule has 0 radical (unpaired) electrons. The molecule has 0 saturated carbocycles. The summed E-state index contributed by atoms with van der Waals surface area (Å²) in [6.07, 6.45) is -0.462. The summed E-state index contributed by atoms with van der Waals surface area (Å²) in [7, 11) is 0. The highest BCUT2D eigenvalue weighted by molar-refractivity contribution is 6.30. The summed E-state index contributed by atoms with van der Waals surface area (Å²) in [5.74, 6) is -0.808. The number of hydrogen-bond acceptors (Lipinski definition) is 4. The van der Waals surface area contributed by atoms with E-state index >= 15 is 0 Å². The first-order valence-electron chi connectivity index (χ1n) is 7.95. The molecule has 5 heteroatoms. The molecular formula is C20H16ClNO3. The van der Waals surface area contributed by atoms with Gasteiger partial charge in [-0.1, -0.05) is 67.1 Å². The second-order valence-corrected chi connectivity index (χ2v) is 5.93. The van der Waals surface area contributed by atoms with Crippen molar-refractivity contribution < 1.29 is 14.3 Å². The molecule has 0 aliphatic heterocycles. The smallest absolute Gasteiger partial charge is 0.339 e. The fourth-order valence-electron chi connectivity index (χ4n) is 2.62. The number of rotatable bonds is 5. The highest BCUT2D eigenvalue weighted by Gasteiger charge is 2.24. The number of halogens is 1. The van der Waals surface area contributed by atoms with E-state index < -0.39 is 12.1 Å². The van der Waals surface area contributed by atoms with Gasteiger partial charge in [0.2, 0.25) is 5.78 Å². The van der Waals surface area contributed by atoms with Crippen LogP contribution < -0.4 is 0 Å². The number of hydrogen-bond donors (Lipinski definition) is 0. The summed E-state index contributed by atoms with van der Waals surface area (Å²) >= 11 is 6.01. The summed E-state index contributed by atoms with van der Waals surface area (Å²) in [6.45, 7) is 1.80. The molecule has 1 heterocycles. The van der Waals surface area contributed by atoms with Crippen LogP contribution in [0.15, 0.2) is 60.7 Å². The second kappa shape index (κ2) is 7.45. The van der Waals surface area contributed by atoms with Crippen molar-refractivity contribution in [1.29, 1.82) is 0 Å². The summed E-state index contributed by atoms with van der Waals surface area (Å²) in [5.41, 5.74) is 1.42. The Bertz CT molecular complexity index is 925. The lowest BCUT2D eigenvalue weighted by Crippen LogP contribution is -2.27. The van der Waals surface area contributed by atoms with Crippen molar-refractivity contribution >= 4 is 34.3 Å². The van der Waals surface area contributed by atoms with Crippen LogP contribution in [-0.4, -0.2) is 22.8 Å². The number of pyridine rings is 1. The summed E-state index contributed by atoms with van der Waals surface area (Å²) in [6, 6.07) is 17.4. The number of ether oxygens (including phenoxy) is 1. The van der Waals surface area contributed by atoms with Crippen molar-refractivity contribution in [3.63, 3.8) is 0 Å². The van der Waals surface area contributed by atoms with Gasteiger partial charge in [-0.25, -0.2) is 9.78 Å². The van der Waals surface area contributed by atoms with Crippen molar-refractivity contribution in [2.45, 2.75) is 19.4 Å². The number of para-hydroxylation sites is 1. The first-order chi connectivity index (χ1) is 12.1. The number of nitrogens with zero attached hydrogens (tertiary/aromatic N) is 1. The minimum absolute atomic E-state index is 0.202. The molecule has 3 aromatic rings. The van der Waals surface area contributed by atoms with E-state index in [9.17, 15) is 9.59 Å². The van der Waals surface area contributed by atoms with Gasteiger partial charge in [0.05, 0.1) is 11.1 Å². The van der Waals surface area contributed by atoms with E-state index in [-0.39, 0.29) is 10.9 Å². The van der Waals surface area contributed by atoms with E-state index in [4.69, 9.17) is 16.3 Å². The summed E-state index contributed by atoms with van der Waals surface area (Å²) in [4.78, 5) is 29.4. The fourth-order valence-corrected chi connectivity index (χ4v) is 2.82. The Morgan fingerprint density at radius 2 is 1.76 bits per heavy atom. The predicted octanol–water partition coefficient (Wildman–Crippen LogP) is 4.71. The van der Waals surface area contributed by atoms with Crippen LogP contribution in [0.5, 0.6) is 0 Å². The van der Waals surface area contributed by atoms with Crippen LogP contribution in [0.25, 0.3) is 10.9 Å². The van der Waals surface area contributed by atoms with Gasteiger partial charge in [-0.05, 0) is 18.6 Å². The highest BCUT2D eigenvalue weighted by atomic mass is 35.5. The lowest BCUT2D eigenvalue weighted by atomic mass is 10.0. The van der Waals surface area contributed by atoms with Crippen molar-refractivity contribution in [2.75, 3.05) is 0 Å². The van der Waals surface area contributed by atoms with Gasteiger partial charge < -0.3 is 4.74 Å². The SMILES string of the molecule is CCC(OC(=O)c1cc(Cl)nc2ccccc12)C(=O)c1ccccc1. The Morgan fingerprint density at radius 3 is 2.48 bits per heavy atom. The van der Waals surface area contributed by atoms with E-state index in [0.717, 1.165) is 0 Å². The number of benzene rings is 2. The molecular weight excluding hydrogens is 338 g/mol. The number of carbonyl (C=O) groups excluding carboxylic acids is 2. The number of Topliss-reactive ketones (excluding diaryl/α,β-unsaturated/α-hetero) is 1. The molecule has 1 aromatic heterocycles. The van der Waals surface area contributed by atoms with E-state index in [1.165, 1.54) is 6.07 Å². The standard InChI is InChI=1S/C20H16ClNO3/c1-2-17(19(23)13-8-4-3-5-9-13)25-20(24)15-12-18(21)22-16-11-7-6-10-14(15)16/h3-12,17H,2H2,1H3. The molecule has 1 unspecified atom stereocenters. The molecule has 0 amide bonds. The average Bonchev–Trinajstić information content (AvgIpc) is 2.65. The third-order valence-corrected chi connectivity index (χ3v) is 4.07. The van der Waals surface area contributed by atoms with Gasteiger partial charge in [0, 0.05) is 10.9 Å². The zero-order valence-electron chi connectivity index (χ0n) is 13.6. The number of fused-ring (bicyclic) bond motifs is 1. The minimum Gasteiger partial charge on any atom is -0.450 e. The van der Waals surface area contributed by atoms with Gasteiger partial charge in [-0.3, -0.25) is 4.79 Å². The lowest BCUT2D eigenvalue weighted by Gasteiger charge is -2.16. The van der Waals surface area contributed by atoms with Crippen LogP contribution in [0, 0.1) is 0 Å². The van der Waals surface area contributed by atoms with Gasteiger partial charge in [-0.2, -0.15) is 0 Å². The van der Waals surface area contributed by atoms with Crippen molar-refractivity contribution in [1.82, 2.24) is 4.98 Å². The minimum atomic E-state index is -0.847. The lowest BCUT2D eigenvalue weighted by molar-refractivity contribution is 0.0279. The normalized spacial score (nSPS) is 11.9. The Kier molecular flexibility index (Phi) is 5.10. The maximum absolute atomic E-state index is 12.7. The van der Waals surface area contributed by atoms with Gasteiger partial charge >= 0.3 is 5.97 Å². The molecule has 0 aliphatic carbocycles. The van der Waals surface area contributed by atoms with Gasteiger partial charge in [0.25, 0.3) is 0 Å². The van der Waals surface area contributed by atoms with Crippen LogP contribution >= 0.6 is 11.6 Å². The van der Waals surface area contributed by atoms with Crippen molar-refractivity contribution in [3.8, 4) is 0 Å². The van der Waals surface area contributed by atoms with Crippen molar-refractivity contribution in [2.24, 2.45) is 0 Å². The Labute approximate surface area is 150 Å². The fraction of sp³-hybridized carbons (Fsp3) is 0.150. The predicted molar refractivity (Wildman–Crippen MR) is 97.0 cm³/mol. The first kappa shape index (κ1) is 17.1. The van der Waals surface area contributed by atoms with E-state index in [0.29, 0.717) is 28.5 Å². The zero-order chi connectivity index (χ0) is 17.8. The van der Waals surface area contributed by atoms with Crippen LogP contribution in [0.2, 0.25) is 5.15 Å². The molecule has 0 spiro atoms. The largest absolute Gasteiger partial charge is 0.450 e. The third kappa shape index (κ3) is 3.69. The molecule has 0 saturated heterocycles. The molecule has 1 atom stereocenters. The molecule has 0 N–H and O–H groups in total. The number of carbonyl (C=O) groups is 2. The zero-order valence-corrected chi connectivity index (χ0v) is 14.4. The van der Waals surface area contributed by atoms with Crippen LogP contribution in [-0.2, 0) is 4.74 Å².